The van der Waals surface area contributed by atoms with Crippen molar-refractivity contribution in [2.24, 2.45) is 5.92 Å². The van der Waals surface area contributed by atoms with Gasteiger partial charge in [0.1, 0.15) is 5.54 Å². The zero-order valence-electron chi connectivity index (χ0n) is 11.5. The minimum atomic E-state index is -0.937. The van der Waals surface area contributed by atoms with E-state index in [1.165, 1.54) is 0 Å². The highest BCUT2D eigenvalue weighted by Gasteiger charge is 2.44. The number of rotatable bonds is 4. The number of hydrazine groups is 1. The van der Waals surface area contributed by atoms with Gasteiger partial charge in [-0.15, -0.1) is 0 Å². The smallest absolute Gasteiger partial charge is 0.324 e. The van der Waals surface area contributed by atoms with Crippen LogP contribution in [0.4, 0.5) is 4.79 Å². The Morgan fingerprint density at radius 1 is 1.30 bits per heavy atom. The molecule has 1 heterocycles. The minimum Gasteiger partial charge on any atom is -0.324 e. The van der Waals surface area contributed by atoms with Crippen molar-refractivity contribution in [3.8, 4) is 0 Å². The molecule has 0 atom stereocenters. The van der Waals surface area contributed by atoms with Crippen LogP contribution < -0.4 is 16.2 Å². The van der Waals surface area contributed by atoms with Crippen molar-refractivity contribution in [2.75, 3.05) is 6.54 Å². The van der Waals surface area contributed by atoms with Gasteiger partial charge in [-0.3, -0.25) is 30.1 Å². The van der Waals surface area contributed by atoms with Crippen molar-refractivity contribution in [3.63, 3.8) is 0 Å². The van der Waals surface area contributed by atoms with Gasteiger partial charge in [-0.2, -0.15) is 0 Å². The molecule has 2 rings (SSSR count). The zero-order valence-corrected chi connectivity index (χ0v) is 11.5. The largest absolute Gasteiger partial charge is 0.325 e. The summed E-state index contributed by atoms with van der Waals surface area (Å²) in [4.78, 5) is 47.3. The number of carbonyl (C=O) groups excluding carboxylic acids is 4. The summed E-state index contributed by atoms with van der Waals surface area (Å²) < 4.78 is 0. The highest BCUT2D eigenvalue weighted by atomic mass is 16.2. The molecule has 0 spiro atoms. The lowest BCUT2D eigenvalue weighted by Crippen LogP contribution is -2.44. The van der Waals surface area contributed by atoms with Gasteiger partial charge in [0.05, 0.1) is 0 Å². The van der Waals surface area contributed by atoms with Gasteiger partial charge in [0, 0.05) is 18.9 Å². The summed E-state index contributed by atoms with van der Waals surface area (Å²) in [5, 5.41) is 2.53. The molecule has 5 amide bonds. The van der Waals surface area contributed by atoms with E-state index in [1.807, 2.05) is 0 Å². The van der Waals surface area contributed by atoms with E-state index < -0.39 is 17.5 Å². The van der Waals surface area contributed by atoms with Gasteiger partial charge in [0.15, 0.2) is 0 Å². The third-order valence-electron chi connectivity index (χ3n) is 3.28. The molecule has 1 aliphatic heterocycles. The number of carbonyl (C=O) groups is 4. The van der Waals surface area contributed by atoms with Crippen LogP contribution in [0.3, 0.4) is 0 Å². The predicted molar refractivity (Wildman–Crippen MR) is 68.0 cm³/mol. The van der Waals surface area contributed by atoms with Crippen molar-refractivity contribution in [1.29, 1.82) is 0 Å². The molecule has 1 saturated carbocycles. The molecule has 1 saturated heterocycles. The number of hydrogen-bond donors (Lipinski definition) is 3. The number of imide groups is 1. The molecule has 3 N–H and O–H groups in total. The summed E-state index contributed by atoms with van der Waals surface area (Å²) >= 11 is 0. The maximum Gasteiger partial charge on any atom is 0.325 e. The van der Waals surface area contributed by atoms with Gasteiger partial charge in [0.25, 0.3) is 5.91 Å². The van der Waals surface area contributed by atoms with Crippen molar-refractivity contribution in [3.05, 3.63) is 0 Å². The first-order valence-corrected chi connectivity index (χ1v) is 6.54. The highest BCUT2D eigenvalue weighted by Crippen LogP contribution is 2.28. The van der Waals surface area contributed by atoms with Gasteiger partial charge in [-0.1, -0.05) is 0 Å². The normalized spacial score (nSPS) is 20.6. The molecule has 8 nitrogen and oxygen atoms in total. The van der Waals surface area contributed by atoms with E-state index in [4.69, 9.17) is 0 Å². The first kappa shape index (κ1) is 14.3. The van der Waals surface area contributed by atoms with Crippen LogP contribution in [-0.4, -0.2) is 40.7 Å². The van der Waals surface area contributed by atoms with Gasteiger partial charge < -0.3 is 5.32 Å². The topological polar surface area (TPSA) is 108 Å². The number of urea groups is 1. The van der Waals surface area contributed by atoms with Gasteiger partial charge in [0.2, 0.25) is 11.8 Å². The van der Waals surface area contributed by atoms with E-state index in [-0.39, 0.29) is 30.7 Å². The van der Waals surface area contributed by atoms with E-state index in [9.17, 15) is 19.2 Å². The Morgan fingerprint density at radius 2 is 1.95 bits per heavy atom. The lowest BCUT2D eigenvalue weighted by molar-refractivity contribution is -0.132. The second-order valence-electron chi connectivity index (χ2n) is 5.57. The Labute approximate surface area is 116 Å². The molecule has 8 heteroatoms. The standard InChI is InChI=1S/C12H18N4O4/c1-12(2)10(19)16(11(20)13-12)6-5-8(17)14-15-9(18)7-3-4-7/h7H,3-6H2,1-2H3,(H,13,20)(H,14,17)(H,15,18). The quantitative estimate of drug-likeness (QED) is 0.466. The number of amides is 5. The maximum atomic E-state index is 11.9. The molecular weight excluding hydrogens is 264 g/mol. The van der Waals surface area contributed by atoms with Crippen molar-refractivity contribution >= 4 is 23.8 Å². The Bertz CT molecular complexity index is 470. The molecule has 0 unspecified atom stereocenters. The van der Waals surface area contributed by atoms with Crippen LogP contribution in [0.15, 0.2) is 0 Å². The summed E-state index contributed by atoms with van der Waals surface area (Å²) in [5.74, 6) is -1.00. The number of nitrogens with one attached hydrogen (secondary N) is 3. The third kappa shape index (κ3) is 3.06. The molecule has 0 bridgehead atoms. The first-order chi connectivity index (χ1) is 9.31. The summed E-state index contributed by atoms with van der Waals surface area (Å²) in [6.07, 6.45) is 1.64. The molecule has 0 aromatic carbocycles. The van der Waals surface area contributed by atoms with Crippen LogP contribution in [0.5, 0.6) is 0 Å². The van der Waals surface area contributed by atoms with Crippen LogP contribution >= 0.6 is 0 Å². The van der Waals surface area contributed by atoms with Crippen LogP contribution in [0.25, 0.3) is 0 Å². The van der Waals surface area contributed by atoms with Crippen molar-refractivity contribution in [1.82, 2.24) is 21.1 Å². The average Bonchev–Trinajstić information content (AvgIpc) is 3.16. The molecule has 2 fully saturated rings. The van der Waals surface area contributed by atoms with Crippen molar-refractivity contribution < 1.29 is 19.2 Å². The molecule has 20 heavy (non-hydrogen) atoms. The molecule has 0 aromatic heterocycles. The van der Waals surface area contributed by atoms with E-state index in [0.29, 0.717) is 0 Å². The Hall–Kier alpha value is -2.12. The third-order valence-corrected chi connectivity index (χ3v) is 3.28. The maximum absolute atomic E-state index is 11.9. The Morgan fingerprint density at radius 3 is 2.45 bits per heavy atom. The number of hydrogen-bond acceptors (Lipinski definition) is 4. The summed E-state index contributed by atoms with van der Waals surface area (Å²) in [7, 11) is 0. The predicted octanol–water partition coefficient (Wildman–Crippen LogP) is -0.736. The molecule has 0 aromatic rings. The van der Waals surface area contributed by atoms with Crippen LogP contribution in [-0.2, 0) is 14.4 Å². The monoisotopic (exact) mass is 282 g/mol. The molecule has 2 aliphatic rings. The minimum absolute atomic E-state index is 0.00189. The Balaban J connectivity index is 1.74. The van der Waals surface area contributed by atoms with Crippen molar-refractivity contribution in [2.45, 2.75) is 38.6 Å². The average molecular weight is 282 g/mol. The molecular formula is C12H18N4O4. The second-order valence-corrected chi connectivity index (χ2v) is 5.57. The zero-order chi connectivity index (χ0) is 14.9. The summed E-state index contributed by atoms with van der Waals surface area (Å²) in [5.41, 5.74) is 3.65. The molecule has 1 aliphatic carbocycles. The SMILES string of the molecule is CC1(C)NC(=O)N(CCC(=O)NNC(=O)C2CC2)C1=O. The van der Waals surface area contributed by atoms with Gasteiger partial charge in [-0.05, 0) is 26.7 Å². The first-order valence-electron chi connectivity index (χ1n) is 6.54. The lowest BCUT2D eigenvalue weighted by atomic mass is 10.1. The molecule has 110 valence electrons. The van der Waals surface area contributed by atoms with E-state index >= 15 is 0 Å². The van der Waals surface area contributed by atoms with Crippen LogP contribution in [0, 0.1) is 5.92 Å². The summed E-state index contributed by atoms with van der Waals surface area (Å²) in [6, 6.07) is -0.505. The fourth-order valence-corrected chi connectivity index (χ4v) is 1.88. The highest BCUT2D eigenvalue weighted by molar-refractivity contribution is 6.06. The van der Waals surface area contributed by atoms with Gasteiger partial charge >= 0.3 is 6.03 Å². The summed E-state index contributed by atoms with van der Waals surface area (Å²) in [6.45, 7) is 3.19. The van der Waals surface area contributed by atoms with Gasteiger partial charge in [-0.25, -0.2) is 4.79 Å². The fourth-order valence-electron chi connectivity index (χ4n) is 1.88. The van der Waals surface area contributed by atoms with E-state index in [2.05, 4.69) is 16.2 Å². The lowest BCUT2D eigenvalue weighted by Gasteiger charge is -2.15. The fraction of sp³-hybridized carbons (Fsp3) is 0.667. The Kier molecular flexibility index (Phi) is 3.65. The van der Waals surface area contributed by atoms with E-state index in [1.54, 1.807) is 13.8 Å². The number of nitrogens with zero attached hydrogens (tertiary/aromatic N) is 1. The van der Waals surface area contributed by atoms with Crippen LogP contribution in [0.1, 0.15) is 33.1 Å². The van der Waals surface area contributed by atoms with Crippen LogP contribution in [0.2, 0.25) is 0 Å². The second kappa shape index (κ2) is 5.10. The van der Waals surface area contributed by atoms with E-state index in [0.717, 1.165) is 17.7 Å². The molecule has 0 radical (unpaired) electrons.